The highest BCUT2D eigenvalue weighted by Gasteiger charge is 2.17. The number of morpholine rings is 1. The summed E-state index contributed by atoms with van der Waals surface area (Å²) in [5.41, 5.74) is 0.830. The topological polar surface area (TPSA) is 54.5 Å². The number of hydrogen-bond donors (Lipinski definition) is 1. The van der Waals surface area contributed by atoms with Gasteiger partial charge >= 0.3 is 0 Å². The Hall–Kier alpha value is -0.980. The molecule has 1 aromatic heterocycles. The minimum atomic E-state index is 0.193. The molecule has 1 aromatic rings. The van der Waals surface area contributed by atoms with Gasteiger partial charge in [-0.2, -0.15) is 0 Å². The Morgan fingerprint density at radius 2 is 2.22 bits per heavy atom. The molecule has 0 saturated carbocycles. The molecule has 0 unspecified atom stereocenters. The third-order valence-electron chi connectivity index (χ3n) is 3.02. The van der Waals surface area contributed by atoms with Crippen LogP contribution in [0.15, 0.2) is 0 Å². The van der Waals surface area contributed by atoms with Gasteiger partial charge in [0.05, 0.1) is 23.8 Å². The number of nitrogens with zero attached hydrogens (tertiary/aromatic N) is 2. The molecule has 0 amide bonds. The van der Waals surface area contributed by atoms with Crippen molar-refractivity contribution >= 4 is 22.3 Å². The van der Waals surface area contributed by atoms with Gasteiger partial charge in [0, 0.05) is 33.1 Å². The van der Waals surface area contributed by atoms with Crippen molar-refractivity contribution in [3.8, 4) is 0 Å². The molecule has 18 heavy (non-hydrogen) atoms. The second kappa shape index (κ2) is 6.26. The minimum absolute atomic E-state index is 0.193. The first-order valence-electron chi connectivity index (χ1n) is 6.19. The molecule has 0 aromatic carbocycles. The normalized spacial score (nSPS) is 16.8. The molecule has 1 N–H and O–H groups in total. The van der Waals surface area contributed by atoms with E-state index in [1.807, 2.05) is 14.0 Å². The molecule has 1 aliphatic heterocycles. The van der Waals surface area contributed by atoms with Gasteiger partial charge < -0.3 is 10.1 Å². The fraction of sp³-hybridized carbons (Fsp3) is 0.667. The van der Waals surface area contributed by atoms with Crippen molar-refractivity contribution < 1.29 is 9.53 Å². The summed E-state index contributed by atoms with van der Waals surface area (Å²) < 4.78 is 5.29. The molecule has 0 bridgehead atoms. The van der Waals surface area contributed by atoms with Crippen LogP contribution in [0.5, 0.6) is 0 Å². The molecule has 0 radical (unpaired) electrons. The predicted octanol–water partition coefficient (Wildman–Crippen LogP) is 1.40. The van der Waals surface area contributed by atoms with E-state index in [-0.39, 0.29) is 5.78 Å². The SMILES string of the molecule is CNc1nc(C)c(C(=O)CCN2CCOCC2)s1. The highest BCUT2D eigenvalue weighted by atomic mass is 32.1. The summed E-state index contributed by atoms with van der Waals surface area (Å²) in [7, 11) is 1.82. The number of ketones is 1. The van der Waals surface area contributed by atoms with Crippen LogP contribution in [0.25, 0.3) is 0 Å². The van der Waals surface area contributed by atoms with Gasteiger partial charge in [-0.15, -0.1) is 0 Å². The lowest BCUT2D eigenvalue weighted by molar-refractivity contribution is 0.0370. The molecule has 5 nitrogen and oxygen atoms in total. The highest BCUT2D eigenvalue weighted by molar-refractivity contribution is 7.17. The number of thiazole rings is 1. The first-order chi connectivity index (χ1) is 8.70. The Morgan fingerprint density at radius 1 is 1.50 bits per heavy atom. The van der Waals surface area contributed by atoms with Crippen LogP contribution in [0.3, 0.4) is 0 Å². The van der Waals surface area contributed by atoms with Crippen molar-refractivity contribution in [3.05, 3.63) is 10.6 Å². The van der Waals surface area contributed by atoms with Crippen molar-refractivity contribution in [2.45, 2.75) is 13.3 Å². The van der Waals surface area contributed by atoms with Gasteiger partial charge in [0.2, 0.25) is 0 Å². The molecule has 0 spiro atoms. The predicted molar refractivity (Wildman–Crippen MR) is 72.6 cm³/mol. The summed E-state index contributed by atoms with van der Waals surface area (Å²) in [5.74, 6) is 0.193. The van der Waals surface area contributed by atoms with Crippen LogP contribution >= 0.6 is 11.3 Å². The molecule has 1 fully saturated rings. The van der Waals surface area contributed by atoms with Gasteiger partial charge in [0.25, 0.3) is 0 Å². The number of anilines is 1. The van der Waals surface area contributed by atoms with E-state index in [1.54, 1.807) is 0 Å². The third-order valence-corrected chi connectivity index (χ3v) is 4.24. The monoisotopic (exact) mass is 269 g/mol. The van der Waals surface area contributed by atoms with Crippen molar-refractivity contribution in [2.75, 3.05) is 45.2 Å². The number of ether oxygens (including phenoxy) is 1. The Morgan fingerprint density at radius 3 is 2.83 bits per heavy atom. The van der Waals surface area contributed by atoms with E-state index in [0.29, 0.717) is 6.42 Å². The van der Waals surface area contributed by atoms with E-state index in [2.05, 4.69) is 15.2 Å². The molecular formula is C12H19N3O2S. The van der Waals surface area contributed by atoms with Crippen LogP contribution in [0.1, 0.15) is 21.8 Å². The number of rotatable bonds is 5. The van der Waals surface area contributed by atoms with E-state index in [0.717, 1.165) is 48.6 Å². The first kappa shape index (κ1) is 13.5. The molecule has 0 aliphatic carbocycles. The van der Waals surface area contributed by atoms with Gasteiger partial charge in [-0.3, -0.25) is 9.69 Å². The summed E-state index contributed by atoms with van der Waals surface area (Å²) in [6.07, 6.45) is 0.562. The largest absolute Gasteiger partial charge is 0.379 e. The maximum Gasteiger partial charge on any atom is 0.183 e. The van der Waals surface area contributed by atoms with Crippen molar-refractivity contribution in [1.82, 2.24) is 9.88 Å². The zero-order chi connectivity index (χ0) is 13.0. The van der Waals surface area contributed by atoms with Crippen LogP contribution in [-0.2, 0) is 4.74 Å². The van der Waals surface area contributed by atoms with Crippen LogP contribution in [-0.4, -0.2) is 55.6 Å². The summed E-state index contributed by atoms with van der Waals surface area (Å²) >= 11 is 1.44. The second-order valence-electron chi connectivity index (χ2n) is 4.31. The van der Waals surface area contributed by atoms with Gasteiger partial charge in [0.1, 0.15) is 0 Å². The number of carbonyl (C=O) groups is 1. The summed E-state index contributed by atoms with van der Waals surface area (Å²) in [5, 5.41) is 3.78. The smallest absolute Gasteiger partial charge is 0.183 e. The van der Waals surface area contributed by atoms with Gasteiger partial charge in [0.15, 0.2) is 10.9 Å². The zero-order valence-electron chi connectivity index (χ0n) is 10.9. The summed E-state index contributed by atoms with van der Waals surface area (Å²) in [6.45, 7) is 6.11. The van der Waals surface area contributed by atoms with E-state index >= 15 is 0 Å². The third kappa shape index (κ3) is 3.28. The maximum absolute atomic E-state index is 12.1. The number of carbonyl (C=O) groups excluding carboxylic acids is 1. The number of nitrogens with one attached hydrogen (secondary N) is 1. The molecule has 1 aliphatic rings. The average Bonchev–Trinajstić information content (AvgIpc) is 2.78. The highest BCUT2D eigenvalue weighted by Crippen LogP contribution is 2.23. The Labute approximate surface area is 111 Å². The lowest BCUT2D eigenvalue weighted by Gasteiger charge is -2.26. The molecule has 2 rings (SSSR count). The van der Waals surface area contributed by atoms with Gasteiger partial charge in [-0.05, 0) is 6.92 Å². The van der Waals surface area contributed by atoms with Gasteiger partial charge in [-0.1, -0.05) is 11.3 Å². The van der Waals surface area contributed by atoms with Crippen LogP contribution in [0.2, 0.25) is 0 Å². The first-order valence-corrected chi connectivity index (χ1v) is 7.01. The standard InChI is InChI=1S/C12H19N3O2S/c1-9-11(18-12(13-2)14-9)10(16)3-4-15-5-7-17-8-6-15/h3-8H2,1-2H3,(H,13,14). The van der Waals surface area contributed by atoms with E-state index < -0.39 is 0 Å². The molecule has 6 heteroatoms. The lowest BCUT2D eigenvalue weighted by atomic mass is 10.2. The molecule has 100 valence electrons. The van der Waals surface area contributed by atoms with Crippen molar-refractivity contribution in [2.24, 2.45) is 0 Å². The fourth-order valence-corrected chi connectivity index (χ4v) is 2.85. The summed E-state index contributed by atoms with van der Waals surface area (Å²) in [6, 6.07) is 0. The Kier molecular flexibility index (Phi) is 4.68. The van der Waals surface area contributed by atoms with Crippen LogP contribution < -0.4 is 5.32 Å². The minimum Gasteiger partial charge on any atom is -0.379 e. The quantitative estimate of drug-likeness (QED) is 0.819. The van der Waals surface area contributed by atoms with Crippen molar-refractivity contribution in [3.63, 3.8) is 0 Å². The average molecular weight is 269 g/mol. The number of aromatic nitrogens is 1. The maximum atomic E-state index is 12.1. The second-order valence-corrected chi connectivity index (χ2v) is 5.31. The fourth-order valence-electron chi connectivity index (χ4n) is 1.96. The van der Waals surface area contributed by atoms with Crippen LogP contribution in [0.4, 0.5) is 5.13 Å². The number of aryl methyl sites for hydroxylation is 1. The van der Waals surface area contributed by atoms with Crippen LogP contribution in [0, 0.1) is 6.92 Å². The lowest BCUT2D eigenvalue weighted by Crippen LogP contribution is -2.37. The molecule has 0 atom stereocenters. The molecule has 2 heterocycles. The van der Waals surface area contributed by atoms with Crippen molar-refractivity contribution in [1.29, 1.82) is 0 Å². The van der Waals surface area contributed by atoms with E-state index in [1.165, 1.54) is 11.3 Å². The van der Waals surface area contributed by atoms with E-state index in [9.17, 15) is 4.79 Å². The Balaban J connectivity index is 1.88. The number of hydrogen-bond acceptors (Lipinski definition) is 6. The van der Waals surface area contributed by atoms with E-state index in [4.69, 9.17) is 4.74 Å². The zero-order valence-corrected chi connectivity index (χ0v) is 11.7. The van der Waals surface area contributed by atoms with Gasteiger partial charge in [-0.25, -0.2) is 4.98 Å². The molecule has 1 saturated heterocycles. The Bertz CT molecular complexity index is 413. The number of Topliss-reactive ketones (excluding diaryl/α,β-unsaturated/α-hetero) is 1. The molecular weight excluding hydrogens is 250 g/mol. The summed E-state index contributed by atoms with van der Waals surface area (Å²) in [4.78, 5) is 19.5.